The molecule has 0 spiro atoms. The number of rotatable bonds is 6. The van der Waals surface area contributed by atoms with E-state index in [0.29, 0.717) is 0 Å². The lowest BCUT2D eigenvalue weighted by molar-refractivity contribution is -0.126. The van der Waals surface area contributed by atoms with E-state index in [1.807, 2.05) is 24.4 Å². The van der Waals surface area contributed by atoms with Crippen LogP contribution in [0.5, 0.6) is 0 Å². The van der Waals surface area contributed by atoms with Gasteiger partial charge < -0.3 is 4.90 Å². The van der Waals surface area contributed by atoms with Gasteiger partial charge in [-0.25, -0.2) is 13.1 Å². The molecule has 1 heterocycles. The Hall–Kier alpha value is -1.96. The van der Waals surface area contributed by atoms with E-state index in [2.05, 4.69) is 4.72 Å². The molecule has 1 aromatic heterocycles. The van der Waals surface area contributed by atoms with Gasteiger partial charge in [0, 0.05) is 18.0 Å². The van der Waals surface area contributed by atoms with Gasteiger partial charge in [-0.1, -0.05) is 18.2 Å². The zero-order chi connectivity index (χ0) is 17.7. The van der Waals surface area contributed by atoms with Crippen molar-refractivity contribution in [2.45, 2.75) is 17.9 Å². The van der Waals surface area contributed by atoms with Crippen LogP contribution in [0.3, 0.4) is 0 Å². The summed E-state index contributed by atoms with van der Waals surface area (Å²) in [5.74, 6) is -0.108. The highest BCUT2D eigenvalue weighted by molar-refractivity contribution is 7.89. The lowest BCUT2D eigenvalue weighted by Gasteiger charge is -2.22. The van der Waals surface area contributed by atoms with E-state index in [1.54, 1.807) is 41.5 Å². The lowest BCUT2D eigenvalue weighted by atomic mass is 10.2. The minimum absolute atomic E-state index is 0.00491. The quantitative estimate of drug-likeness (QED) is 0.802. The second-order valence-electron chi connectivity index (χ2n) is 5.25. The Morgan fingerprint density at radius 1 is 1.25 bits per heavy atom. The van der Waals surface area contributed by atoms with E-state index in [-0.39, 0.29) is 16.8 Å². The highest BCUT2D eigenvalue weighted by atomic mass is 32.2. The first-order valence-corrected chi connectivity index (χ1v) is 9.73. The van der Waals surface area contributed by atoms with Crippen molar-refractivity contribution in [3.05, 3.63) is 58.3 Å². The van der Waals surface area contributed by atoms with Crippen molar-refractivity contribution in [1.29, 1.82) is 0 Å². The second-order valence-corrected chi connectivity index (χ2v) is 8.12. The van der Waals surface area contributed by atoms with Crippen molar-refractivity contribution in [3.63, 3.8) is 0 Å². The third-order valence-corrected chi connectivity index (χ3v) is 6.23. The van der Waals surface area contributed by atoms with Crippen molar-refractivity contribution in [2.24, 2.45) is 0 Å². The molecule has 128 valence electrons. The number of nitrogens with one attached hydrogen (secondary N) is 1. The van der Waals surface area contributed by atoms with Crippen LogP contribution in [0.15, 0.2) is 52.7 Å². The van der Waals surface area contributed by atoms with E-state index >= 15 is 0 Å². The van der Waals surface area contributed by atoms with Gasteiger partial charge in [0.2, 0.25) is 15.9 Å². The molecule has 0 aliphatic rings. The summed E-state index contributed by atoms with van der Waals surface area (Å²) in [6, 6.07) is 10.3. The minimum atomic E-state index is -3.44. The van der Waals surface area contributed by atoms with Crippen molar-refractivity contribution in [1.82, 2.24) is 9.62 Å². The molecule has 1 unspecified atom stereocenters. The first-order valence-electron chi connectivity index (χ1n) is 7.37. The highest BCUT2D eigenvalue weighted by Gasteiger charge is 2.16. The largest absolute Gasteiger partial charge is 0.335 e. The van der Waals surface area contributed by atoms with Crippen molar-refractivity contribution < 1.29 is 13.2 Å². The van der Waals surface area contributed by atoms with Crippen molar-refractivity contribution >= 4 is 33.3 Å². The molecule has 0 bridgehead atoms. The van der Waals surface area contributed by atoms with Gasteiger partial charge in [-0.05, 0) is 49.2 Å². The fourth-order valence-electron chi connectivity index (χ4n) is 2.07. The third kappa shape index (κ3) is 4.31. The van der Waals surface area contributed by atoms with Gasteiger partial charge in [-0.3, -0.25) is 4.79 Å². The van der Waals surface area contributed by atoms with Crippen LogP contribution >= 0.6 is 11.3 Å². The van der Waals surface area contributed by atoms with E-state index in [9.17, 15) is 13.2 Å². The molecule has 24 heavy (non-hydrogen) atoms. The summed E-state index contributed by atoms with van der Waals surface area (Å²) in [5, 5.41) is 1.99. The molecule has 2 aromatic rings. The van der Waals surface area contributed by atoms with Gasteiger partial charge in [-0.2, -0.15) is 0 Å². The standard InChI is InChI=1S/C17H20N2O3S2/c1-13(16-5-4-12-23-16)19(3)17(20)11-8-14-6-9-15(10-7-14)24(21,22)18-2/h4-13,18H,1-3H3. The summed E-state index contributed by atoms with van der Waals surface area (Å²) in [7, 11) is -0.313. The Morgan fingerprint density at radius 3 is 2.46 bits per heavy atom. The summed E-state index contributed by atoms with van der Waals surface area (Å²) in [5.41, 5.74) is 0.760. The van der Waals surface area contributed by atoms with Gasteiger partial charge in [0.1, 0.15) is 0 Å². The highest BCUT2D eigenvalue weighted by Crippen LogP contribution is 2.23. The number of likely N-dealkylation sites (N-methyl/N-ethyl adjacent to an activating group) is 1. The van der Waals surface area contributed by atoms with Crippen LogP contribution in [0, 0.1) is 0 Å². The summed E-state index contributed by atoms with van der Waals surface area (Å²) in [6.45, 7) is 1.98. The average Bonchev–Trinajstić information content (AvgIpc) is 3.13. The maximum atomic E-state index is 12.3. The molecule has 0 radical (unpaired) electrons. The first-order chi connectivity index (χ1) is 11.3. The molecule has 0 aliphatic heterocycles. The van der Waals surface area contributed by atoms with E-state index in [4.69, 9.17) is 0 Å². The van der Waals surface area contributed by atoms with Crippen LogP contribution in [0.4, 0.5) is 0 Å². The number of thiophene rings is 1. The molecule has 0 saturated carbocycles. The Labute approximate surface area is 146 Å². The molecule has 0 aliphatic carbocycles. The second kappa shape index (κ2) is 7.74. The number of hydrogen-bond donors (Lipinski definition) is 1. The normalized spacial score (nSPS) is 13.1. The van der Waals surface area contributed by atoms with Gasteiger partial charge in [-0.15, -0.1) is 11.3 Å². The maximum absolute atomic E-state index is 12.3. The number of hydrogen-bond acceptors (Lipinski definition) is 4. The Morgan fingerprint density at radius 2 is 1.92 bits per heavy atom. The van der Waals surface area contributed by atoms with Gasteiger partial charge in [0.05, 0.1) is 10.9 Å². The van der Waals surface area contributed by atoms with Crippen LogP contribution in [0.2, 0.25) is 0 Å². The molecule has 0 saturated heterocycles. The Kier molecular flexibility index (Phi) is 5.93. The number of nitrogens with zero attached hydrogens (tertiary/aromatic N) is 1. The van der Waals surface area contributed by atoms with Crippen molar-refractivity contribution in [2.75, 3.05) is 14.1 Å². The SMILES string of the molecule is CNS(=O)(=O)c1ccc(C=CC(=O)N(C)C(C)c2cccs2)cc1. The lowest BCUT2D eigenvalue weighted by Crippen LogP contribution is -2.27. The molecule has 5 nitrogen and oxygen atoms in total. The van der Waals surface area contributed by atoms with Gasteiger partial charge >= 0.3 is 0 Å². The average molecular weight is 364 g/mol. The number of carbonyl (C=O) groups is 1. The zero-order valence-electron chi connectivity index (χ0n) is 13.8. The smallest absolute Gasteiger partial charge is 0.246 e. The molecule has 0 fully saturated rings. The molecule has 1 atom stereocenters. The third-order valence-electron chi connectivity index (χ3n) is 3.76. The van der Waals surface area contributed by atoms with E-state index < -0.39 is 10.0 Å². The molecule has 1 N–H and O–H groups in total. The van der Waals surface area contributed by atoms with Crippen LogP contribution in [-0.4, -0.2) is 33.3 Å². The number of carbonyl (C=O) groups excluding carboxylic acids is 1. The monoisotopic (exact) mass is 364 g/mol. The Balaban J connectivity index is 2.06. The number of sulfonamides is 1. The summed E-state index contributed by atoms with van der Waals surface area (Å²) in [4.78, 5) is 15.2. The summed E-state index contributed by atoms with van der Waals surface area (Å²) in [6.07, 6.45) is 3.17. The van der Waals surface area contributed by atoms with Gasteiger partial charge in [0.25, 0.3) is 0 Å². The van der Waals surface area contributed by atoms with E-state index in [1.165, 1.54) is 25.3 Å². The predicted molar refractivity (Wildman–Crippen MR) is 97.2 cm³/mol. The molecular weight excluding hydrogens is 344 g/mol. The first kappa shape index (κ1) is 18.4. The minimum Gasteiger partial charge on any atom is -0.335 e. The molecule has 7 heteroatoms. The summed E-state index contributed by atoms with van der Waals surface area (Å²) >= 11 is 1.62. The van der Waals surface area contributed by atoms with Crippen LogP contribution in [-0.2, 0) is 14.8 Å². The molecular formula is C17H20N2O3S2. The fourth-order valence-corrected chi connectivity index (χ4v) is 3.63. The molecule has 1 aromatic carbocycles. The molecule has 1 amide bonds. The zero-order valence-corrected chi connectivity index (χ0v) is 15.4. The predicted octanol–water partition coefficient (Wildman–Crippen LogP) is 2.89. The molecule has 2 rings (SSSR count). The van der Waals surface area contributed by atoms with Crippen LogP contribution in [0.1, 0.15) is 23.4 Å². The van der Waals surface area contributed by atoms with Crippen molar-refractivity contribution in [3.8, 4) is 0 Å². The van der Waals surface area contributed by atoms with E-state index in [0.717, 1.165) is 10.4 Å². The summed E-state index contributed by atoms with van der Waals surface area (Å²) < 4.78 is 25.6. The number of benzene rings is 1. The Bertz CT molecular complexity index is 810. The van der Waals surface area contributed by atoms with Gasteiger partial charge in [0.15, 0.2) is 0 Å². The van der Waals surface area contributed by atoms with Crippen LogP contribution < -0.4 is 4.72 Å². The number of amides is 1. The topological polar surface area (TPSA) is 66.5 Å². The van der Waals surface area contributed by atoms with Crippen LogP contribution in [0.25, 0.3) is 6.08 Å². The maximum Gasteiger partial charge on any atom is 0.246 e. The fraction of sp³-hybridized carbons (Fsp3) is 0.235.